The number of rotatable bonds is 3. The molecule has 0 radical (unpaired) electrons. The van der Waals surface area contributed by atoms with Crippen LogP contribution in [-0.4, -0.2) is 0 Å². The Labute approximate surface area is 110 Å². The van der Waals surface area contributed by atoms with E-state index in [2.05, 4.69) is 36.1 Å². The number of nitrogens with zero attached hydrogens (tertiary/aromatic N) is 1. The fourth-order valence-electron chi connectivity index (χ4n) is 2.79. The van der Waals surface area contributed by atoms with Crippen LogP contribution in [0.4, 0.5) is 5.69 Å². The van der Waals surface area contributed by atoms with E-state index in [-0.39, 0.29) is 0 Å². The van der Waals surface area contributed by atoms with Gasteiger partial charge in [-0.05, 0) is 49.5 Å². The molecule has 0 atom stereocenters. The van der Waals surface area contributed by atoms with Crippen molar-refractivity contribution < 1.29 is 0 Å². The van der Waals surface area contributed by atoms with E-state index in [9.17, 15) is 0 Å². The highest BCUT2D eigenvalue weighted by molar-refractivity contribution is 5.46. The minimum Gasteiger partial charge on any atom is -0.238 e. The molecule has 1 heteroatoms. The Morgan fingerprint density at radius 2 is 1.83 bits per heavy atom. The topological polar surface area (TPSA) is 4.36 Å². The van der Waals surface area contributed by atoms with Gasteiger partial charge >= 0.3 is 0 Å². The molecule has 1 aromatic rings. The lowest BCUT2D eigenvalue weighted by atomic mass is 9.78. The second-order valence-corrected chi connectivity index (χ2v) is 5.15. The highest BCUT2D eigenvalue weighted by atomic mass is 14.6. The second-order valence-electron chi connectivity index (χ2n) is 5.15. The zero-order valence-electron chi connectivity index (χ0n) is 11.1. The van der Waals surface area contributed by atoms with E-state index in [1.165, 1.54) is 31.2 Å². The van der Waals surface area contributed by atoms with Crippen molar-refractivity contribution in [3.8, 4) is 0 Å². The van der Waals surface area contributed by atoms with E-state index in [1.54, 1.807) is 0 Å². The average molecular weight is 239 g/mol. The molecule has 0 bridgehead atoms. The summed E-state index contributed by atoms with van der Waals surface area (Å²) < 4.78 is 0. The normalized spacial score (nSPS) is 24.0. The summed E-state index contributed by atoms with van der Waals surface area (Å²) in [6.45, 7) is 9.16. The van der Waals surface area contributed by atoms with Crippen LogP contribution >= 0.6 is 0 Å². The Bertz CT molecular complexity index is 428. The molecule has 1 fully saturated rings. The fourth-order valence-corrected chi connectivity index (χ4v) is 2.79. The molecule has 0 N–H and O–H groups in total. The molecule has 0 unspecified atom stereocenters. The molecule has 1 saturated carbocycles. The molecule has 1 aliphatic rings. The summed E-state index contributed by atoms with van der Waals surface area (Å²) in [4.78, 5) is 3.44. The van der Waals surface area contributed by atoms with Gasteiger partial charge in [-0.25, -0.2) is 4.85 Å². The lowest BCUT2D eigenvalue weighted by molar-refractivity contribution is 0.375. The van der Waals surface area contributed by atoms with Gasteiger partial charge in [0, 0.05) is 0 Å². The van der Waals surface area contributed by atoms with Gasteiger partial charge in [0.05, 0.1) is 6.57 Å². The third kappa shape index (κ3) is 3.23. The van der Waals surface area contributed by atoms with E-state index in [0.29, 0.717) is 5.92 Å². The van der Waals surface area contributed by atoms with Gasteiger partial charge in [-0.1, -0.05) is 43.3 Å². The maximum Gasteiger partial charge on any atom is 0.187 e. The Hall–Kier alpha value is -1.55. The zero-order valence-corrected chi connectivity index (χ0v) is 11.1. The summed E-state index contributed by atoms with van der Waals surface area (Å²) in [5, 5.41) is 0. The summed E-state index contributed by atoms with van der Waals surface area (Å²) in [7, 11) is 0. The van der Waals surface area contributed by atoms with Gasteiger partial charge in [0.1, 0.15) is 0 Å². The molecule has 0 spiro atoms. The predicted octanol–water partition coefficient (Wildman–Crippen LogP) is 5.48. The number of benzene rings is 1. The van der Waals surface area contributed by atoms with E-state index >= 15 is 0 Å². The molecule has 1 aromatic carbocycles. The summed E-state index contributed by atoms with van der Waals surface area (Å²) in [5.41, 5.74) is 2.17. The number of hydrogen-bond acceptors (Lipinski definition) is 0. The van der Waals surface area contributed by atoms with Crippen LogP contribution in [0.1, 0.15) is 50.5 Å². The zero-order chi connectivity index (χ0) is 12.8. The summed E-state index contributed by atoms with van der Waals surface area (Å²) in [6, 6.07) is 8.18. The molecular formula is C17H21N. The van der Waals surface area contributed by atoms with Crippen LogP contribution in [0.2, 0.25) is 0 Å². The minimum absolute atomic E-state index is 0.705. The molecule has 0 amide bonds. The highest BCUT2D eigenvalue weighted by Gasteiger charge is 2.20. The molecule has 0 aromatic heterocycles. The maximum atomic E-state index is 6.97. The van der Waals surface area contributed by atoms with Gasteiger partial charge in [-0.2, -0.15) is 0 Å². The molecule has 18 heavy (non-hydrogen) atoms. The van der Waals surface area contributed by atoms with Gasteiger partial charge in [-0.3, -0.25) is 0 Å². The van der Waals surface area contributed by atoms with E-state index in [4.69, 9.17) is 6.57 Å². The summed E-state index contributed by atoms with van der Waals surface area (Å²) in [6.07, 6.45) is 11.1. The maximum absolute atomic E-state index is 6.97. The third-order valence-electron chi connectivity index (χ3n) is 3.91. The van der Waals surface area contributed by atoms with Crippen molar-refractivity contribution in [2.75, 3.05) is 0 Å². The predicted molar refractivity (Wildman–Crippen MR) is 76.8 cm³/mol. The van der Waals surface area contributed by atoms with Crippen molar-refractivity contribution in [2.24, 2.45) is 5.92 Å². The standard InChI is InChI=1S/C17H21N/c1-3-4-5-14-6-8-15(9-7-14)16-10-12-17(18-2)13-11-16/h4-5,10-15H,3,6-9H2,1H3. The van der Waals surface area contributed by atoms with Gasteiger partial charge in [0.15, 0.2) is 5.69 Å². The highest BCUT2D eigenvalue weighted by Crippen LogP contribution is 2.36. The Morgan fingerprint density at radius 1 is 1.17 bits per heavy atom. The van der Waals surface area contributed by atoms with Crippen molar-refractivity contribution in [2.45, 2.75) is 44.9 Å². The van der Waals surface area contributed by atoms with Crippen LogP contribution in [0, 0.1) is 12.5 Å². The first-order valence-corrected chi connectivity index (χ1v) is 6.97. The largest absolute Gasteiger partial charge is 0.238 e. The van der Waals surface area contributed by atoms with Crippen molar-refractivity contribution >= 4 is 5.69 Å². The smallest absolute Gasteiger partial charge is 0.187 e. The molecular weight excluding hydrogens is 218 g/mol. The lowest BCUT2D eigenvalue weighted by Crippen LogP contribution is -2.11. The Balaban J connectivity index is 1.93. The van der Waals surface area contributed by atoms with Gasteiger partial charge in [-0.15, -0.1) is 0 Å². The van der Waals surface area contributed by atoms with Gasteiger partial charge in [0.25, 0.3) is 0 Å². The van der Waals surface area contributed by atoms with E-state index in [1.807, 2.05) is 12.1 Å². The number of allylic oxidation sites excluding steroid dienone is 2. The van der Waals surface area contributed by atoms with E-state index in [0.717, 1.165) is 18.0 Å². The Kier molecular flexibility index (Phi) is 4.59. The molecule has 2 rings (SSSR count). The van der Waals surface area contributed by atoms with Gasteiger partial charge in [0.2, 0.25) is 0 Å². The first-order chi connectivity index (χ1) is 8.83. The van der Waals surface area contributed by atoms with Crippen molar-refractivity contribution in [1.82, 2.24) is 0 Å². The third-order valence-corrected chi connectivity index (χ3v) is 3.91. The lowest BCUT2D eigenvalue weighted by Gasteiger charge is -2.27. The number of hydrogen-bond donors (Lipinski definition) is 0. The average Bonchev–Trinajstić information content (AvgIpc) is 2.46. The van der Waals surface area contributed by atoms with Gasteiger partial charge < -0.3 is 0 Å². The monoisotopic (exact) mass is 239 g/mol. The van der Waals surface area contributed by atoms with Crippen molar-refractivity contribution in [3.63, 3.8) is 0 Å². The molecule has 0 heterocycles. The molecule has 0 aliphatic heterocycles. The molecule has 1 nitrogen and oxygen atoms in total. The first kappa shape index (κ1) is 12.9. The second kappa shape index (κ2) is 6.40. The van der Waals surface area contributed by atoms with Crippen LogP contribution in [0.15, 0.2) is 36.4 Å². The van der Waals surface area contributed by atoms with Crippen LogP contribution in [0.5, 0.6) is 0 Å². The SMILES string of the molecule is [C-]#[N+]c1ccc(C2CCC(C=CCC)CC2)cc1. The first-order valence-electron chi connectivity index (χ1n) is 6.97. The van der Waals surface area contributed by atoms with Crippen LogP contribution in [-0.2, 0) is 0 Å². The summed E-state index contributed by atoms with van der Waals surface area (Å²) >= 11 is 0. The molecule has 94 valence electrons. The van der Waals surface area contributed by atoms with E-state index < -0.39 is 0 Å². The molecule has 1 aliphatic carbocycles. The van der Waals surface area contributed by atoms with Crippen LogP contribution in [0.3, 0.4) is 0 Å². The van der Waals surface area contributed by atoms with Crippen LogP contribution < -0.4 is 0 Å². The van der Waals surface area contributed by atoms with Crippen LogP contribution in [0.25, 0.3) is 4.85 Å². The molecule has 0 saturated heterocycles. The Morgan fingerprint density at radius 3 is 2.39 bits per heavy atom. The van der Waals surface area contributed by atoms with Crippen molar-refractivity contribution in [3.05, 3.63) is 53.4 Å². The minimum atomic E-state index is 0.705. The quantitative estimate of drug-likeness (QED) is 0.486. The fraction of sp³-hybridized carbons (Fsp3) is 0.471. The summed E-state index contributed by atoms with van der Waals surface area (Å²) in [5.74, 6) is 1.50. The van der Waals surface area contributed by atoms with Crippen molar-refractivity contribution in [1.29, 1.82) is 0 Å².